The summed E-state index contributed by atoms with van der Waals surface area (Å²) in [7, 11) is 1.81. The zero-order chi connectivity index (χ0) is 14.5. The Kier molecular flexibility index (Phi) is 5.66. The molecule has 0 amide bonds. The second kappa shape index (κ2) is 6.80. The second-order valence-corrected chi connectivity index (χ2v) is 6.19. The van der Waals surface area contributed by atoms with Crippen LogP contribution in [0.2, 0.25) is 0 Å². The Morgan fingerprint density at radius 1 is 1.42 bits per heavy atom. The van der Waals surface area contributed by atoms with Crippen LogP contribution in [0.25, 0.3) is 0 Å². The molecule has 0 saturated heterocycles. The Balaban J connectivity index is 2.46. The van der Waals surface area contributed by atoms with E-state index >= 15 is 0 Å². The molecule has 0 fully saturated rings. The van der Waals surface area contributed by atoms with Gasteiger partial charge in [-0.15, -0.1) is 0 Å². The van der Waals surface area contributed by atoms with Crippen molar-refractivity contribution in [3.05, 3.63) is 12.2 Å². The molecule has 0 aliphatic heterocycles. The van der Waals surface area contributed by atoms with Gasteiger partial charge in [0.05, 0.1) is 6.42 Å². The summed E-state index contributed by atoms with van der Waals surface area (Å²) >= 11 is 0. The Morgan fingerprint density at radius 2 is 2.11 bits per heavy atom. The molecule has 0 bridgehead atoms. The maximum absolute atomic E-state index is 12.0. The minimum Gasteiger partial charge on any atom is -0.330 e. The van der Waals surface area contributed by atoms with E-state index in [2.05, 4.69) is 30.9 Å². The van der Waals surface area contributed by atoms with Gasteiger partial charge in [0.25, 0.3) is 0 Å². The van der Waals surface area contributed by atoms with Crippen molar-refractivity contribution < 1.29 is 4.79 Å². The van der Waals surface area contributed by atoms with E-state index in [1.54, 1.807) is 4.68 Å². The molecular formula is C14H26N4O. The summed E-state index contributed by atoms with van der Waals surface area (Å²) in [6.45, 7) is 7.31. The number of Topliss-reactive ketones (excluding diaryl/α,β-unsaturated/α-hetero) is 1. The first-order chi connectivity index (χ1) is 8.84. The van der Waals surface area contributed by atoms with Gasteiger partial charge in [-0.1, -0.05) is 20.8 Å². The molecule has 5 nitrogen and oxygen atoms in total. The van der Waals surface area contributed by atoms with E-state index in [4.69, 9.17) is 5.73 Å². The van der Waals surface area contributed by atoms with Crippen LogP contribution in [0.3, 0.4) is 0 Å². The summed E-state index contributed by atoms with van der Waals surface area (Å²) in [6.07, 6.45) is 4.32. The fourth-order valence-electron chi connectivity index (χ4n) is 2.29. The topological polar surface area (TPSA) is 73.8 Å². The van der Waals surface area contributed by atoms with Gasteiger partial charge in [-0.2, -0.15) is 5.10 Å². The average Bonchev–Trinajstić information content (AvgIpc) is 2.69. The van der Waals surface area contributed by atoms with Gasteiger partial charge in [-0.3, -0.25) is 9.48 Å². The lowest BCUT2D eigenvalue weighted by Gasteiger charge is -2.30. The van der Waals surface area contributed by atoms with Crippen LogP contribution in [0.5, 0.6) is 0 Å². The van der Waals surface area contributed by atoms with E-state index in [-0.39, 0.29) is 11.2 Å². The number of nitrogens with two attached hydrogens (primary N) is 1. The van der Waals surface area contributed by atoms with E-state index in [9.17, 15) is 4.79 Å². The van der Waals surface area contributed by atoms with Gasteiger partial charge in [0.15, 0.2) is 0 Å². The lowest BCUT2D eigenvalue weighted by Crippen LogP contribution is -2.24. The summed E-state index contributed by atoms with van der Waals surface area (Å²) < 4.78 is 1.65. The van der Waals surface area contributed by atoms with Gasteiger partial charge >= 0.3 is 0 Å². The predicted molar refractivity (Wildman–Crippen MR) is 75.6 cm³/mol. The molecular weight excluding hydrogens is 240 g/mol. The van der Waals surface area contributed by atoms with Crippen LogP contribution in [0.1, 0.15) is 45.9 Å². The smallest absolute Gasteiger partial charge is 0.140 e. The molecule has 1 aromatic heterocycles. The molecule has 5 heteroatoms. The number of carbonyl (C=O) groups excluding carboxylic acids is 1. The number of hydrogen-bond acceptors (Lipinski definition) is 4. The third-order valence-corrected chi connectivity index (χ3v) is 3.67. The van der Waals surface area contributed by atoms with Gasteiger partial charge in [-0.25, -0.2) is 4.98 Å². The standard InChI is InChI=1S/C14H26N4O/c1-14(2,3)11(7-8-15)5-6-12(19)9-13-16-10-17-18(13)4/h10-11H,5-9,15H2,1-4H3. The lowest BCUT2D eigenvalue weighted by molar-refractivity contribution is -0.119. The van der Waals surface area contributed by atoms with E-state index in [1.165, 1.54) is 6.33 Å². The van der Waals surface area contributed by atoms with E-state index in [0.29, 0.717) is 25.3 Å². The molecule has 2 N–H and O–H groups in total. The molecule has 1 rings (SSSR count). The highest BCUT2D eigenvalue weighted by Crippen LogP contribution is 2.32. The zero-order valence-electron chi connectivity index (χ0n) is 12.5. The monoisotopic (exact) mass is 266 g/mol. The molecule has 1 aromatic rings. The molecule has 0 aliphatic carbocycles. The zero-order valence-corrected chi connectivity index (χ0v) is 12.5. The molecule has 1 atom stereocenters. The summed E-state index contributed by atoms with van der Waals surface area (Å²) in [5.74, 6) is 1.44. The van der Waals surface area contributed by atoms with E-state index in [1.807, 2.05) is 7.05 Å². The second-order valence-electron chi connectivity index (χ2n) is 6.19. The van der Waals surface area contributed by atoms with Crippen LogP contribution in [0.15, 0.2) is 6.33 Å². The Hall–Kier alpha value is -1.23. The fraction of sp³-hybridized carbons (Fsp3) is 0.786. The van der Waals surface area contributed by atoms with Gasteiger partial charge in [0.1, 0.15) is 17.9 Å². The average molecular weight is 266 g/mol. The van der Waals surface area contributed by atoms with Gasteiger partial charge in [0.2, 0.25) is 0 Å². The minimum absolute atomic E-state index is 0.199. The van der Waals surface area contributed by atoms with Crippen molar-refractivity contribution in [3.8, 4) is 0 Å². The van der Waals surface area contributed by atoms with Crippen molar-refractivity contribution in [2.75, 3.05) is 6.54 Å². The Morgan fingerprint density at radius 3 is 2.58 bits per heavy atom. The number of rotatable bonds is 7. The number of nitrogens with zero attached hydrogens (tertiary/aromatic N) is 3. The molecule has 0 aromatic carbocycles. The van der Waals surface area contributed by atoms with E-state index < -0.39 is 0 Å². The normalized spacial score (nSPS) is 13.5. The number of carbonyl (C=O) groups is 1. The van der Waals surface area contributed by atoms with Crippen LogP contribution in [0, 0.1) is 11.3 Å². The van der Waals surface area contributed by atoms with Crippen LogP contribution < -0.4 is 5.73 Å². The van der Waals surface area contributed by atoms with Gasteiger partial charge in [0, 0.05) is 13.5 Å². The van der Waals surface area contributed by atoms with Crippen molar-refractivity contribution in [1.29, 1.82) is 0 Å². The SMILES string of the molecule is Cn1ncnc1CC(=O)CCC(CCN)C(C)(C)C. The van der Waals surface area contributed by atoms with Crippen LogP contribution in [-0.2, 0) is 18.3 Å². The maximum Gasteiger partial charge on any atom is 0.140 e. The van der Waals surface area contributed by atoms with E-state index in [0.717, 1.165) is 18.7 Å². The summed E-state index contributed by atoms with van der Waals surface area (Å²) in [5, 5.41) is 3.97. The van der Waals surface area contributed by atoms with Crippen LogP contribution in [0.4, 0.5) is 0 Å². The van der Waals surface area contributed by atoms with Crippen LogP contribution in [-0.4, -0.2) is 27.1 Å². The largest absolute Gasteiger partial charge is 0.330 e. The first-order valence-electron chi connectivity index (χ1n) is 6.89. The third-order valence-electron chi connectivity index (χ3n) is 3.67. The molecule has 0 spiro atoms. The molecule has 108 valence electrons. The van der Waals surface area contributed by atoms with Crippen molar-refractivity contribution >= 4 is 5.78 Å². The number of ketones is 1. The molecule has 1 unspecified atom stereocenters. The minimum atomic E-state index is 0.199. The number of hydrogen-bond donors (Lipinski definition) is 1. The number of aromatic nitrogens is 3. The van der Waals surface area contributed by atoms with Crippen molar-refractivity contribution in [2.24, 2.45) is 24.1 Å². The highest BCUT2D eigenvalue weighted by molar-refractivity contribution is 5.80. The number of aryl methyl sites for hydroxylation is 1. The summed E-state index contributed by atoms with van der Waals surface area (Å²) in [4.78, 5) is 16.1. The van der Waals surface area contributed by atoms with Crippen molar-refractivity contribution in [2.45, 2.75) is 46.5 Å². The summed E-state index contributed by atoms with van der Waals surface area (Å²) in [5.41, 5.74) is 5.85. The van der Waals surface area contributed by atoms with Crippen molar-refractivity contribution in [1.82, 2.24) is 14.8 Å². The third kappa shape index (κ3) is 5.11. The summed E-state index contributed by atoms with van der Waals surface area (Å²) in [6, 6.07) is 0. The molecule has 0 saturated carbocycles. The Labute approximate surface area is 115 Å². The Bertz CT molecular complexity index is 406. The fourth-order valence-corrected chi connectivity index (χ4v) is 2.29. The van der Waals surface area contributed by atoms with Crippen molar-refractivity contribution in [3.63, 3.8) is 0 Å². The highest BCUT2D eigenvalue weighted by atomic mass is 16.1. The first-order valence-corrected chi connectivity index (χ1v) is 6.89. The van der Waals surface area contributed by atoms with Gasteiger partial charge < -0.3 is 5.73 Å². The predicted octanol–water partition coefficient (Wildman–Crippen LogP) is 1.72. The molecule has 0 aliphatic rings. The first kappa shape index (κ1) is 15.8. The highest BCUT2D eigenvalue weighted by Gasteiger charge is 2.24. The van der Waals surface area contributed by atoms with Gasteiger partial charge in [-0.05, 0) is 30.7 Å². The quantitative estimate of drug-likeness (QED) is 0.815. The van der Waals surface area contributed by atoms with Crippen LogP contribution >= 0.6 is 0 Å². The molecule has 1 heterocycles. The molecule has 0 radical (unpaired) electrons. The molecule has 19 heavy (non-hydrogen) atoms. The maximum atomic E-state index is 12.0. The lowest BCUT2D eigenvalue weighted by atomic mass is 9.76.